The Kier molecular flexibility index (Phi) is 5.09. The largest absolute Gasteiger partial charge is 0.484 e. The first kappa shape index (κ1) is 16.7. The molecule has 0 bridgehead atoms. The zero-order valence-corrected chi connectivity index (χ0v) is 14.3. The van der Waals surface area contributed by atoms with E-state index >= 15 is 0 Å². The van der Waals surface area contributed by atoms with Gasteiger partial charge in [-0.25, -0.2) is 5.43 Å². The molecule has 0 saturated heterocycles. The van der Waals surface area contributed by atoms with E-state index < -0.39 is 0 Å². The average molecular weight is 332 g/mol. The number of ether oxygens (including phenoxy) is 1. The fourth-order valence-electron chi connectivity index (χ4n) is 2.51. The molecule has 0 spiro atoms. The molecule has 0 saturated carbocycles. The molecule has 3 aromatic rings. The number of nitrogens with zero attached hydrogens (tertiary/aromatic N) is 1. The Hall–Kier alpha value is -3.14. The molecule has 0 atom stereocenters. The van der Waals surface area contributed by atoms with Gasteiger partial charge in [0.1, 0.15) is 5.75 Å². The minimum atomic E-state index is -0.290. The van der Waals surface area contributed by atoms with Gasteiger partial charge in [-0.1, -0.05) is 48.5 Å². The molecular formula is C21H20N2O2. The predicted octanol–water partition coefficient (Wildman–Crippen LogP) is 4.07. The van der Waals surface area contributed by atoms with Crippen LogP contribution in [0.1, 0.15) is 18.1 Å². The Morgan fingerprint density at radius 3 is 2.60 bits per heavy atom. The summed E-state index contributed by atoms with van der Waals surface area (Å²) >= 11 is 0. The van der Waals surface area contributed by atoms with Gasteiger partial charge in [-0.15, -0.1) is 0 Å². The Bertz CT molecular complexity index is 932. The lowest BCUT2D eigenvalue weighted by Crippen LogP contribution is -2.25. The smallest absolute Gasteiger partial charge is 0.277 e. The highest BCUT2D eigenvalue weighted by molar-refractivity contribution is 6.02. The van der Waals surface area contributed by atoms with Gasteiger partial charge in [0.25, 0.3) is 5.91 Å². The van der Waals surface area contributed by atoms with Gasteiger partial charge in [0.2, 0.25) is 0 Å². The summed E-state index contributed by atoms with van der Waals surface area (Å²) in [5, 5.41) is 6.49. The molecule has 0 aliphatic carbocycles. The van der Waals surface area contributed by atoms with Crippen molar-refractivity contribution in [2.45, 2.75) is 13.8 Å². The van der Waals surface area contributed by atoms with Crippen LogP contribution < -0.4 is 10.2 Å². The minimum Gasteiger partial charge on any atom is -0.484 e. The van der Waals surface area contributed by atoms with Crippen LogP contribution in [0.3, 0.4) is 0 Å². The molecule has 1 N–H and O–H groups in total. The number of fused-ring (bicyclic) bond motifs is 1. The second-order valence-corrected chi connectivity index (χ2v) is 5.90. The number of aryl methyl sites for hydroxylation is 1. The van der Waals surface area contributed by atoms with Crippen molar-refractivity contribution >= 4 is 22.4 Å². The number of hydrazone groups is 1. The number of benzene rings is 3. The van der Waals surface area contributed by atoms with Gasteiger partial charge < -0.3 is 4.74 Å². The summed E-state index contributed by atoms with van der Waals surface area (Å²) in [6.07, 6.45) is 0. The van der Waals surface area contributed by atoms with Crippen molar-refractivity contribution in [3.05, 3.63) is 77.9 Å². The van der Waals surface area contributed by atoms with Gasteiger partial charge in [0.05, 0.1) is 5.71 Å². The van der Waals surface area contributed by atoms with E-state index in [0.29, 0.717) is 5.75 Å². The second-order valence-electron chi connectivity index (χ2n) is 5.90. The van der Waals surface area contributed by atoms with Crippen molar-refractivity contribution in [3.63, 3.8) is 0 Å². The van der Waals surface area contributed by atoms with Gasteiger partial charge in [-0.2, -0.15) is 5.10 Å². The maximum absolute atomic E-state index is 11.9. The maximum Gasteiger partial charge on any atom is 0.277 e. The molecule has 3 rings (SSSR count). The third-order valence-electron chi connectivity index (χ3n) is 3.88. The topological polar surface area (TPSA) is 50.7 Å². The first-order chi connectivity index (χ1) is 12.1. The number of carbonyl (C=O) groups is 1. The van der Waals surface area contributed by atoms with Crippen LogP contribution in [0.25, 0.3) is 10.8 Å². The standard InChI is InChI=1S/C21H20N2O2/c1-15-6-5-9-20(12-15)25-14-21(24)23-22-16(2)18-11-10-17-7-3-4-8-19(17)13-18/h3-13H,14H2,1-2H3,(H,23,24)/b22-16+. The maximum atomic E-state index is 11.9. The summed E-state index contributed by atoms with van der Waals surface area (Å²) < 4.78 is 5.46. The van der Waals surface area contributed by atoms with Gasteiger partial charge >= 0.3 is 0 Å². The molecule has 126 valence electrons. The summed E-state index contributed by atoms with van der Waals surface area (Å²) in [6.45, 7) is 3.77. The van der Waals surface area contributed by atoms with Crippen LogP contribution in [-0.2, 0) is 4.79 Å². The van der Waals surface area contributed by atoms with Crippen molar-refractivity contribution in [1.29, 1.82) is 0 Å². The molecule has 0 aromatic heterocycles. The Morgan fingerprint density at radius 1 is 1.00 bits per heavy atom. The van der Waals surface area contributed by atoms with Crippen molar-refractivity contribution in [2.75, 3.05) is 6.61 Å². The van der Waals surface area contributed by atoms with Crippen LogP contribution in [0.2, 0.25) is 0 Å². The van der Waals surface area contributed by atoms with Crippen LogP contribution in [0.5, 0.6) is 5.75 Å². The van der Waals surface area contributed by atoms with E-state index in [1.54, 1.807) is 0 Å². The number of hydrogen-bond acceptors (Lipinski definition) is 3. The molecule has 4 nitrogen and oxygen atoms in total. The molecule has 1 amide bonds. The number of nitrogens with one attached hydrogen (secondary N) is 1. The van der Waals surface area contributed by atoms with Crippen LogP contribution >= 0.6 is 0 Å². The number of amides is 1. The number of rotatable bonds is 5. The summed E-state index contributed by atoms with van der Waals surface area (Å²) in [5.74, 6) is 0.382. The zero-order valence-electron chi connectivity index (χ0n) is 14.3. The molecular weight excluding hydrogens is 312 g/mol. The summed E-state index contributed by atoms with van der Waals surface area (Å²) in [7, 11) is 0. The third-order valence-corrected chi connectivity index (χ3v) is 3.88. The monoisotopic (exact) mass is 332 g/mol. The van der Waals surface area contributed by atoms with E-state index in [4.69, 9.17) is 4.74 Å². The summed E-state index contributed by atoms with van der Waals surface area (Å²) in [6, 6.07) is 21.8. The highest BCUT2D eigenvalue weighted by Gasteiger charge is 2.04. The molecule has 3 aromatic carbocycles. The van der Waals surface area contributed by atoms with Crippen LogP contribution in [-0.4, -0.2) is 18.2 Å². The molecule has 25 heavy (non-hydrogen) atoms. The average Bonchev–Trinajstić information content (AvgIpc) is 2.64. The first-order valence-corrected chi connectivity index (χ1v) is 8.13. The highest BCUT2D eigenvalue weighted by Crippen LogP contribution is 2.16. The van der Waals surface area contributed by atoms with Gasteiger partial charge in [0, 0.05) is 0 Å². The molecule has 0 radical (unpaired) electrons. The molecule has 4 heteroatoms. The normalized spacial score (nSPS) is 11.4. The zero-order chi connectivity index (χ0) is 17.6. The van der Waals surface area contributed by atoms with Crippen molar-refractivity contribution in [2.24, 2.45) is 5.10 Å². The fraction of sp³-hybridized carbons (Fsp3) is 0.143. The van der Waals surface area contributed by atoms with Crippen molar-refractivity contribution in [1.82, 2.24) is 5.43 Å². The lowest BCUT2D eigenvalue weighted by atomic mass is 10.0. The molecule has 0 aliphatic heterocycles. The van der Waals surface area contributed by atoms with Crippen molar-refractivity contribution < 1.29 is 9.53 Å². The molecule has 0 fully saturated rings. The summed E-state index contributed by atoms with van der Waals surface area (Å²) in [5.41, 5.74) is 5.34. The van der Waals surface area contributed by atoms with Crippen LogP contribution in [0.4, 0.5) is 0 Å². The Morgan fingerprint density at radius 2 is 1.80 bits per heavy atom. The molecule has 0 unspecified atom stereocenters. The number of hydrogen-bond donors (Lipinski definition) is 1. The fourth-order valence-corrected chi connectivity index (χ4v) is 2.51. The molecule has 0 heterocycles. The SMILES string of the molecule is C/C(=N\NC(=O)COc1cccc(C)c1)c1ccc2ccccc2c1. The Labute approximate surface area is 147 Å². The van der Waals surface area contributed by atoms with E-state index in [1.165, 1.54) is 5.39 Å². The van der Waals surface area contributed by atoms with Crippen molar-refractivity contribution in [3.8, 4) is 5.75 Å². The van der Waals surface area contributed by atoms with Gasteiger partial charge in [-0.05, 0) is 53.9 Å². The van der Waals surface area contributed by atoms with E-state index in [9.17, 15) is 4.79 Å². The van der Waals surface area contributed by atoms with Crippen LogP contribution in [0.15, 0.2) is 71.8 Å². The quantitative estimate of drug-likeness (QED) is 0.566. The summed E-state index contributed by atoms with van der Waals surface area (Å²) in [4.78, 5) is 11.9. The van der Waals surface area contributed by atoms with Gasteiger partial charge in [0.15, 0.2) is 6.61 Å². The highest BCUT2D eigenvalue weighted by atomic mass is 16.5. The first-order valence-electron chi connectivity index (χ1n) is 8.13. The Balaban J connectivity index is 1.60. The second kappa shape index (κ2) is 7.62. The van der Waals surface area contributed by atoms with E-state index in [2.05, 4.69) is 28.7 Å². The van der Waals surface area contributed by atoms with E-state index in [-0.39, 0.29) is 12.5 Å². The number of carbonyl (C=O) groups excluding carboxylic acids is 1. The third kappa shape index (κ3) is 4.44. The minimum absolute atomic E-state index is 0.0715. The van der Waals surface area contributed by atoms with Gasteiger partial charge in [-0.3, -0.25) is 4.79 Å². The van der Waals surface area contributed by atoms with E-state index in [0.717, 1.165) is 22.2 Å². The van der Waals surface area contributed by atoms with E-state index in [1.807, 2.05) is 62.4 Å². The lowest BCUT2D eigenvalue weighted by molar-refractivity contribution is -0.123. The molecule has 0 aliphatic rings. The predicted molar refractivity (Wildman–Crippen MR) is 101 cm³/mol. The lowest BCUT2D eigenvalue weighted by Gasteiger charge is -2.07. The van der Waals surface area contributed by atoms with Crippen LogP contribution in [0, 0.1) is 6.92 Å².